The summed E-state index contributed by atoms with van der Waals surface area (Å²) >= 11 is 0. The molecule has 7 rings (SSSR count). The van der Waals surface area contributed by atoms with Gasteiger partial charge in [-0.1, -0.05) is 73.7 Å². The maximum atomic E-state index is 13.9. The van der Waals surface area contributed by atoms with Crippen molar-refractivity contribution in [1.82, 2.24) is 4.90 Å². The Bertz CT molecular complexity index is 1230. The van der Waals surface area contributed by atoms with Crippen LogP contribution < -0.4 is 4.90 Å². The van der Waals surface area contributed by atoms with Crippen LogP contribution in [0.15, 0.2) is 72.8 Å². The van der Waals surface area contributed by atoms with Gasteiger partial charge in [0.05, 0.1) is 11.8 Å². The largest absolute Gasteiger partial charge is 0.294 e. The zero-order valence-corrected chi connectivity index (χ0v) is 19.3. The fourth-order valence-electron chi connectivity index (χ4n) is 6.44. The quantitative estimate of drug-likeness (QED) is 0.552. The van der Waals surface area contributed by atoms with Gasteiger partial charge in [-0.15, -0.1) is 0 Å². The molecular weight excluding hydrogens is 424 g/mol. The molecule has 4 aliphatic rings. The molecule has 3 aromatic rings. The van der Waals surface area contributed by atoms with Crippen LogP contribution in [0.2, 0.25) is 0 Å². The first-order valence-electron chi connectivity index (χ1n) is 11.9. The molecule has 5 heteroatoms. The molecule has 2 atom stereocenters. The van der Waals surface area contributed by atoms with E-state index in [-0.39, 0.29) is 36.2 Å². The molecule has 0 radical (unpaired) electrons. The number of hydrogen-bond acceptors (Lipinski definition) is 3. The van der Waals surface area contributed by atoms with E-state index in [2.05, 4.69) is 24.3 Å². The molecule has 5 nitrogen and oxygen atoms in total. The molecule has 0 aromatic heterocycles. The number of nitrogens with zero attached hydrogens (tertiary/aromatic N) is 2. The van der Waals surface area contributed by atoms with Gasteiger partial charge in [0.15, 0.2) is 0 Å². The van der Waals surface area contributed by atoms with Gasteiger partial charge in [-0.3, -0.25) is 24.2 Å². The number of hydrogen-bond donors (Lipinski definition) is 0. The third-order valence-corrected chi connectivity index (χ3v) is 7.87. The number of amides is 3. The molecule has 0 N–H and O–H groups in total. The van der Waals surface area contributed by atoms with E-state index in [9.17, 15) is 14.4 Å². The molecule has 1 aliphatic heterocycles. The van der Waals surface area contributed by atoms with E-state index in [0.29, 0.717) is 0 Å². The van der Waals surface area contributed by atoms with Crippen LogP contribution in [-0.4, -0.2) is 29.3 Å². The Kier molecular flexibility index (Phi) is 4.70. The molecule has 3 aromatic carbocycles. The van der Waals surface area contributed by atoms with Crippen molar-refractivity contribution >= 4 is 23.4 Å². The minimum absolute atomic E-state index is 0.0524. The fourth-order valence-corrected chi connectivity index (χ4v) is 6.44. The first kappa shape index (κ1) is 20.8. The van der Waals surface area contributed by atoms with Crippen LogP contribution in [0.25, 0.3) is 0 Å². The maximum Gasteiger partial charge on any atom is 0.235 e. The molecule has 1 heterocycles. The van der Waals surface area contributed by atoms with Crippen molar-refractivity contribution in [3.05, 3.63) is 101 Å². The van der Waals surface area contributed by atoms with E-state index >= 15 is 0 Å². The lowest BCUT2D eigenvalue weighted by Gasteiger charge is -2.45. The zero-order chi connectivity index (χ0) is 23.6. The molecule has 0 unspecified atom stereocenters. The number of benzene rings is 3. The summed E-state index contributed by atoms with van der Waals surface area (Å²) < 4.78 is 0. The van der Waals surface area contributed by atoms with Gasteiger partial charge in [0.1, 0.15) is 6.67 Å². The van der Waals surface area contributed by atoms with Crippen LogP contribution in [0.3, 0.4) is 0 Å². The average molecular weight is 451 g/mol. The Balaban J connectivity index is 1.43. The van der Waals surface area contributed by atoms with Crippen molar-refractivity contribution in [1.29, 1.82) is 0 Å². The topological polar surface area (TPSA) is 57.7 Å². The van der Waals surface area contributed by atoms with Gasteiger partial charge in [0.25, 0.3) is 0 Å². The molecule has 1 saturated heterocycles. The predicted octanol–water partition coefficient (Wildman–Crippen LogP) is 4.45. The van der Waals surface area contributed by atoms with E-state index in [1.54, 1.807) is 4.90 Å². The summed E-state index contributed by atoms with van der Waals surface area (Å²) in [6.07, 6.45) is 0.752. The van der Waals surface area contributed by atoms with Crippen LogP contribution in [-0.2, 0) is 20.8 Å². The number of para-hydroxylation sites is 1. The smallest absolute Gasteiger partial charge is 0.235 e. The van der Waals surface area contributed by atoms with Crippen molar-refractivity contribution in [2.24, 2.45) is 11.8 Å². The van der Waals surface area contributed by atoms with Crippen LogP contribution in [0.1, 0.15) is 53.5 Å². The molecule has 170 valence electrons. The third kappa shape index (κ3) is 2.76. The molecule has 1 fully saturated rings. The molecule has 3 amide bonds. The molecule has 0 saturated carbocycles. The van der Waals surface area contributed by atoms with Gasteiger partial charge < -0.3 is 0 Å². The van der Waals surface area contributed by atoms with Crippen molar-refractivity contribution in [2.45, 2.75) is 32.1 Å². The summed E-state index contributed by atoms with van der Waals surface area (Å²) in [6, 6.07) is 24.1. The average Bonchev–Trinajstić information content (AvgIpc) is 3.12. The summed E-state index contributed by atoms with van der Waals surface area (Å²) in [5.41, 5.74) is 6.35. The normalized spacial score (nSPS) is 24.0. The highest BCUT2D eigenvalue weighted by Crippen LogP contribution is 2.60. The lowest BCUT2D eigenvalue weighted by atomic mass is 9.55. The Morgan fingerprint density at radius 2 is 1.21 bits per heavy atom. The maximum absolute atomic E-state index is 13.9. The zero-order valence-electron chi connectivity index (χ0n) is 19.3. The number of carbonyl (C=O) groups excluding carboxylic acids is 3. The van der Waals surface area contributed by atoms with Crippen LogP contribution >= 0.6 is 0 Å². The summed E-state index contributed by atoms with van der Waals surface area (Å²) in [5, 5.41) is 0. The first-order valence-corrected chi connectivity index (χ1v) is 11.9. The molecular formula is C29H26N2O3. The number of imide groups is 1. The van der Waals surface area contributed by atoms with Crippen molar-refractivity contribution in [3.8, 4) is 0 Å². The van der Waals surface area contributed by atoms with Crippen LogP contribution in [0.5, 0.6) is 0 Å². The second kappa shape index (κ2) is 7.66. The Hall–Kier alpha value is -3.73. The summed E-state index contributed by atoms with van der Waals surface area (Å²) in [7, 11) is 0. The Labute approximate surface area is 199 Å². The Morgan fingerprint density at radius 3 is 1.65 bits per heavy atom. The lowest BCUT2D eigenvalue weighted by Crippen LogP contribution is -2.44. The van der Waals surface area contributed by atoms with E-state index in [1.807, 2.05) is 55.5 Å². The summed E-state index contributed by atoms with van der Waals surface area (Å²) in [6.45, 7) is 3.47. The number of aryl methyl sites for hydroxylation is 1. The van der Waals surface area contributed by atoms with Crippen molar-refractivity contribution < 1.29 is 14.4 Å². The monoisotopic (exact) mass is 450 g/mol. The highest BCUT2D eigenvalue weighted by Gasteiger charge is 2.61. The molecule has 0 spiro atoms. The van der Waals surface area contributed by atoms with Crippen molar-refractivity contribution in [3.63, 3.8) is 0 Å². The third-order valence-electron chi connectivity index (χ3n) is 7.87. The highest BCUT2D eigenvalue weighted by atomic mass is 16.2. The van der Waals surface area contributed by atoms with Gasteiger partial charge in [-0.2, -0.15) is 0 Å². The summed E-state index contributed by atoms with van der Waals surface area (Å²) in [4.78, 5) is 43.3. The van der Waals surface area contributed by atoms with Crippen LogP contribution in [0, 0.1) is 11.8 Å². The van der Waals surface area contributed by atoms with Gasteiger partial charge in [0, 0.05) is 24.4 Å². The van der Waals surface area contributed by atoms with Gasteiger partial charge in [0.2, 0.25) is 17.7 Å². The van der Waals surface area contributed by atoms with Crippen molar-refractivity contribution in [2.75, 3.05) is 11.6 Å². The van der Waals surface area contributed by atoms with Crippen LogP contribution in [0.4, 0.5) is 5.69 Å². The molecule has 3 aliphatic carbocycles. The van der Waals surface area contributed by atoms with Gasteiger partial charge in [-0.25, -0.2) is 0 Å². The van der Waals surface area contributed by atoms with E-state index in [0.717, 1.165) is 39.9 Å². The fraction of sp³-hybridized carbons (Fsp3) is 0.276. The number of anilines is 1. The Morgan fingerprint density at radius 1 is 0.765 bits per heavy atom. The molecule has 34 heavy (non-hydrogen) atoms. The lowest BCUT2D eigenvalue weighted by molar-refractivity contribution is -0.140. The minimum atomic E-state index is -0.433. The number of likely N-dealkylation sites (tertiary alicyclic amines) is 1. The SMILES string of the molecule is CCc1ccccc1N(CN1C(=O)[C@H]2C3c4ccccc4C(c4ccccc43)[C@@H]2C1=O)C(C)=O. The number of carbonyl (C=O) groups is 3. The van der Waals surface area contributed by atoms with Gasteiger partial charge in [-0.05, 0) is 40.3 Å². The van der Waals surface area contributed by atoms with E-state index in [1.165, 1.54) is 11.8 Å². The minimum Gasteiger partial charge on any atom is -0.294 e. The predicted molar refractivity (Wildman–Crippen MR) is 129 cm³/mol. The first-order chi connectivity index (χ1) is 16.5. The van der Waals surface area contributed by atoms with E-state index in [4.69, 9.17) is 0 Å². The number of rotatable bonds is 4. The highest BCUT2D eigenvalue weighted by molar-refractivity contribution is 6.08. The van der Waals surface area contributed by atoms with E-state index < -0.39 is 11.8 Å². The second-order valence-corrected chi connectivity index (χ2v) is 9.44. The standard InChI is InChI=1S/C29H26N2O3/c1-3-18-10-4-9-15-23(18)30(17(2)32)16-31-28(33)26-24-19-11-5-6-12-20(19)25(27(26)29(31)34)22-14-8-7-13-21(22)24/h4-15,24-27H,3,16H2,1-2H3/t24?,25?,26-,27-/m0/s1. The second-order valence-electron chi connectivity index (χ2n) is 9.44. The molecule has 2 bridgehead atoms. The van der Waals surface area contributed by atoms with Gasteiger partial charge >= 0.3 is 0 Å². The summed E-state index contributed by atoms with van der Waals surface area (Å²) in [5.74, 6) is -1.68.